The molecule has 2 aromatic heterocycles. The SMILES string of the molecule is CCCN(CCC)c1nc2ccccn2c(=O)c1/C=C1\SC(=S)N(CC(C)C)C1=O. The Morgan fingerprint density at radius 1 is 1.20 bits per heavy atom. The zero-order chi connectivity index (χ0) is 21.8. The summed E-state index contributed by atoms with van der Waals surface area (Å²) in [6, 6.07) is 5.50. The Kier molecular flexibility index (Phi) is 7.31. The number of fused-ring (bicyclic) bond motifs is 1. The van der Waals surface area contributed by atoms with E-state index in [0.29, 0.717) is 38.7 Å². The van der Waals surface area contributed by atoms with Gasteiger partial charge < -0.3 is 4.90 Å². The minimum absolute atomic E-state index is 0.139. The summed E-state index contributed by atoms with van der Waals surface area (Å²) in [5.41, 5.74) is 0.854. The van der Waals surface area contributed by atoms with Gasteiger partial charge in [-0.2, -0.15) is 0 Å². The quantitative estimate of drug-likeness (QED) is 0.450. The standard InChI is InChI=1S/C22H28N4O2S2/c1-5-10-24(11-6-2)19-16(20(27)25-12-8-7-9-18(25)23-19)13-17-21(28)26(14-15(3)4)22(29)30-17/h7-9,12-13,15H,5-6,10-11,14H2,1-4H3/b17-13-. The maximum Gasteiger partial charge on any atom is 0.267 e. The van der Waals surface area contributed by atoms with Gasteiger partial charge in [0.1, 0.15) is 15.8 Å². The number of thioether (sulfide) groups is 1. The second kappa shape index (κ2) is 9.75. The van der Waals surface area contributed by atoms with E-state index in [1.54, 1.807) is 23.2 Å². The Morgan fingerprint density at radius 2 is 1.90 bits per heavy atom. The summed E-state index contributed by atoms with van der Waals surface area (Å²) in [7, 11) is 0. The third kappa shape index (κ3) is 4.59. The van der Waals surface area contributed by atoms with Crippen molar-refractivity contribution in [1.29, 1.82) is 0 Å². The summed E-state index contributed by atoms with van der Waals surface area (Å²) in [4.78, 5) is 35.4. The summed E-state index contributed by atoms with van der Waals surface area (Å²) in [5, 5.41) is 0. The number of anilines is 1. The number of nitrogens with zero attached hydrogens (tertiary/aromatic N) is 4. The lowest BCUT2D eigenvalue weighted by atomic mass is 10.2. The lowest BCUT2D eigenvalue weighted by Crippen LogP contribution is -2.32. The zero-order valence-corrected chi connectivity index (χ0v) is 19.6. The first kappa shape index (κ1) is 22.5. The minimum Gasteiger partial charge on any atom is -0.356 e. The molecule has 2 aromatic rings. The molecule has 30 heavy (non-hydrogen) atoms. The molecule has 0 bridgehead atoms. The van der Waals surface area contributed by atoms with Gasteiger partial charge in [0.15, 0.2) is 0 Å². The Morgan fingerprint density at radius 3 is 2.53 bits per heavy atom. The van der Waals surface area contributed by atoms with Crippen LogP contribution in [0, 0.1) is 5.92 Å². The van der Waals surface area contributed by atoms with E-state index < -0.39 is 0 Å². The highest BCUT2D eigenvalue weighted by Crippen LogP contribution is 2.34. The maximum absolute atomic E-state index is 13.4. The third-order valence-electron chi connectivity index (χ3n) is 4.73. The van der Waals surface area contributed by atoms with E-state index in [-0.39, 0.29) is 11.5 Å². The van der Waals surface area contributed by atoms with Crippen LogP contribution in [0.15, 0.2) is 34.1 Å². The molecule has 1 amide bonds. The first-order valence-electron chi connectivity index (χ1n) is 10.4. The second-order valence-electron chi connectivity index (χ2n) is 7.76. The Hall–Kier alpha value is -2.19. The fourth-order valence-corrected chi connectivity index (χ4v) is 4.73. The molecule has 0 unspecified atom stereocenters. The Labute approximate surface area is 187 Å². The second-order valence-corrected chi connectivity index (χ2v) is 9.43. The van der Waals surface area contributed by atoms with Crippen molar-refractivity contribution in [3.8, 4) is 0 Å². The number of thiocarbonyl (C=S) groups is 1. The van der Waals surface area contributed by atoms with Crippen molar-refractivity contribution in [1.82, 2.24) is 14.3 Å². The molecule has 0 atom stereocenters. The van der Waals surface area contributed by atoms with Crippen LogP contribution in [-0.4, -0.2) is 44.1 Å². The molecule has 160 valence electrons. The maximum atomic E-state index is 13.4. The van der Waals surface area contributed by atoms with Crippen LogP contribution < -0.4 is 10.5 Å². The van der Waals surface area contributed by atoms with E-state index in [1.807, 2.05) is 26.0 Å². The molecule has 8 heteroatoms. The minimum atomic E-state index is -0.179. The highest BCUT2D eigenvalue weighted by Gasteiger charge is 2.33. The van der Waals surface area contributed by atoms with Crippen LogP contribution in [0.4, 0.5) is 5.82 Å². The summed E-state index contributed by atoms with van der Waals surface area (Å²) in [6.45, 7) is 10.5. The highest BCUT2D eigenvalue weighted by atomic mass is 32.2. The molecule has 1 aliphatic heterocycles. The molecule has 0 aliphatic carbocycles. The van der Waals surface area contributed by atoms with Crippen molar-refractivity contribution in [3.05, 3.63) is 45.2 Å². The number of amides is 1. The van der Waals surface area contributed by atoms with Crippen molar-refractivity contribution < 1.29 is 4.79 Å². The van der Waals surface area contributed by atoms with E-state index in [9.17, 15) is 9.59 Å². The Balaban J connectivity index is 2.16. The van der Waals surface area contributed by atoms with Gasteiger partial charge >= 0.3 is 0 Å². The molecular weight excluding hydrogens is 416 g/mol. The van der Waals surface area contributed by atoms with Crippen LogP contribution in [0.25, 0.3) is 11.7 Å². The average Bonchev–Trinajstić information content (AvgIpc) is 2.97. The molecule has 3 rings (SSSR count). The number of pyridine rings is 1. The van der Waals surface area contributed by atoms with E-state index in [4.69, 9.17) is 17.2 Å². The largest absolute Gasteiger partial charge is 0.356 e. The molecule has 0 spiro atoms. The van der Waals surface area contributed by atoms with E-state index in [2.05, 4.69) is 18.7 Å². The molecule has 1 saturated heterocycles. The summed E-state index contributed by atoms with van der Waals surface area (Å²) in [6.07, 6.45) is 5.26. The van der Waals surface area contributed by atoms with Crippen LogP contribution in [-0.2, 0) is 4.79 Å². The van der Waals surface area contributed by atoms with Crippen molar-refractivity contribution in [2.24, 2.45) is 5.92 Å². The lowest BCUT2D eigenvalue weighted by Gasteiger charge is -2.24. The van der Waals surface area contributed by atoms with Crippen LogP contribution in [0.1, 0.15) is 46.1 Å². The Bertz CT molecular complexity index is 1040. The van der Waals surface area contributed by atoms with Gasteiger partial charge in [-0.05, 0) is 37.0 Å². The first-order valence-corrected chi connectivity index (χ1v) is 11.6. The molecule has 3 heterocycles. The fourth-order valence-electron chi connectivity index (χ4n) is 3.48. The molecule has 0 saturated carbocycles. The molecule has 0 radical (unpaired) electrons. The predicted molar refractivity (Wildman–Crippen MR) is 129 cm³/mol. The zero-order valence-electron chi connectivity index (χ0n) is 17.9. The van der Waals surface area contributed by atoms with Crippen LogP contribution in [0.2, 0.25) is 0 Å². The van der Waals surface area contributed by atoms with Crippen molar-refractivity contribution in [3.63, 3.8) is 0 Å². The number of hydrogen-bond donors (Lipinski definition) is 0. The average molecular weight is 445 g/mol. The van der Waals surface area contributed by atoms with Crippen LogP contribution in [0.5, 0.6) is 0 Å². The molecule has 1 aliphatic rings. The normalized spacial score (nSPS) is 15.8. The van der Waals surface area contributed by atoms with Gasteiger partial charge in [0.05, 0.1) is 10.5 Å². The van der Waals surface area contributed by atoms with Crippen molar-refractivity contribution in [2.75, 3.05) is 24.5 Å². The van der Waals surface area contributed by atoms with Crippen LogP contribution in [0.3, 0.4) is 0 Å². The first-order chi connectivity index (χ1) is 14.4. The monoisotopic (exact) mass is 444 g/mol. The number of hydrogen-bond acceptors (Lipinski definition) is 6. The number of carbonyl (C=O) groups is 1. The molecular formula is C22H28N4O2S2. The predicted octanol–water partition coefficient (Wildman–Crippen LogP) is 4.18. The van der Waals surface area contributed by atoms with Crippen molar-refractivity contribution in [2.45, 2.75) is 40.5 Å². The summed E-state index contributed by atoms with van der Waals surface area (Å²) < 4.78 is 2.06. The molecule has 1 fully saturated rings. The van der Waals surface area contributed by atoms with Gasteiger partial charge in [-0.3, -0.25) is 18.9 Å². The summed E-state index contributed by atoms with van der Waals surface area (Å²) in [5.74, 6) is 0.795. The third-order valence-corrected chi connectivity index (χ3v) is 6.11. The van der Waals surface area contributed by atoms with Gasteiger partial charge in [-0.1, -0.05) is 57.7 Å². The van der Waals surface area contributed by atoms with Gasteiger partial charge in [-0.25, -0.2) is 4.98 Å². The number of carbonyl (C=O) groups excluding carboxylic acids is 1. The van der Waals surface area contributed by atoms with Crippen LogP contribution >= 0.6 is 24.0 Å². The van der Waals surface area contributed by atoms with Gasteiger partial charge in [0, 0.05) is 25.8 Å². The van der Waals surface area contributed by atoms with Gasteiger partial charge in [-0.15, -0.1) is 0 Å². The smallest absolute Gasteiger partial charge is 0.267 e. The van der Waals surface area contributed by atoms with Gasteiger partial charge in [0.2, 0.25) is 0 Å². The number of aromatic nitrogens is 2. The highest BCUT2D eigenvalue weighted by molar-refractivity contribution is 8.26. The molecule has 0 aromatic carbocycles. The topological polar surface area (TPSA) is 57.9 Å². The number of rotatable bonds is 8. The molecule has 0 N–H and O–H groups in total. The fraction of sp³-hybridized carbons (Fsp3) is 0.455. The van der Waals surface area contributed by atoms with E-state index >= 15 is 0 Å². The van der Waals surface area contributed by atoms with Gasteiger partial charge in [0.25, 0.3) is 11.5 Å². The van der Waals surface area contributed by atoms with E-state index in [0.717, 1.165) is 25.9 Å². The summed E-state index contributed by atoms with van der Waals surface area (Å²) >= 11 is 6.68. The van der Waals surface area contributed by atoms with E-state index in [1.165, 1.54) is 16.2 Å². The van der Waals surface area contributed by atoms with Crippen molar-refractivity contribution >= 4 is 51.7 Å². The molecule has 6 nitrogen and oxygen atoms in total. The lowest BCUT2D eigenvalue weighted by molar-refractivity contribution is -0.122.